The molecule has 1 unspecified atom stereocenters. The molecule has 0 amide bonds. The van der Waals surface area contributed by atoms with Crippen molar-refractivity contribution in [2.24, 2.45) is 5.73 Å². The van der Waals surface area contributed by atoms with Gasteiger partial charge in [0.15, 0.2) is 0 Å². The lowest BCUT2D eigenvalue weighted by Crippen LogP contribution is -2.08. The van der Waals surface area contributed by atoms with Crippen LogP contribution in [0.3, 0.4) is 0 Å². The molecule has 2 aromatic heterocycles. The predicted molar refractivity (Wildman–Crippen MR) is 73.1 cm³/mol. The summed E-state index contributed by atoms with van der Waals surface area (Å²) < 4.78 is 11.0. The Morgan fingerprint density at radius 3 is 2.89 bits per heavy atom. The molecule has 3 nitrogen and oxygen atoms in total. The molecule has 3 aromatic rings. The van der Waals surface area contributed by atoms with Gasteiger partial charge in [-0.2, -0.15) is 0 Å². The number of rotatable bonds is 3. The molecule has 4 heteroatoms. The van der Waals surface area contributed by atoms with E-state index in [9.17, 15) is 0 Å². The zero-order valence-electron chi connectivity index (χ0n) is 9.92. The van der Waals surface area contributed by atoms with E-state index in [2.05, 4.69) is 0 Å². The summed E-state index contributed by atoms with van der Waals surface area (Å²) in [6, 6.07) is 11.6. The van der Waals surface area contributed by atoms with Crippen LogP contribution >= 0.6 is 11.3 Å². The third-order valence-electron chi connectivity index (χ3n) is 2.90. The van der Waals surface area contributed by atoms with Crippen LogP contribution in [0.5, 0.6) is 5.75 Å². The number of hydrogen-bond donors (Lipinski definition) is 1. The quantitative estimate of drug-likeness (QED) is 0.782. The van der Waals surface area contributed by atoms with Crippen molar-refractivity contribution in [3.8, 4) is 5.75 Å². The molecule has 0 aliphatic carbocycles. The Kier molecular flexibility index (Phi) is 2.81. The number of hydrogen-bond acceptors (Lipinski definition) is 4. The van der Waals surface area contributed by atoms with Crippen LogP contribution in [0.2, 0.25) is 0 Å². The normalized spacial score (nSPS) is 12.8. The average Bonchev–Trinajstić information content (AvgIpc) is 3.05. The number of ether oxygens (including phenoxy) is 1. The third-order valence-corrected chi connectivity index (χ3v) is 3.86. The summed E-state index contributed by atoms with van der Waals surface area (Å²) in [5.74, 6) is 1.56. The van der Waals surface area contributed by atoms with Crippen molar-refractivity contribution in [1.82, 2.24) is 0 Å². The highest BCUT2D eigenvalue weighted by molar-refractivity contribution is 7.10. The first-order chi connectivity index (χ1) is 8.78. The summed E-state index contributed by atoms with van der Waals surface area (Å²) in [7, 11) is 1.64. The summed E-state index contributed by atoms with van der Waals surface area (Å²) >= 11 is 1.63. The lowest BCUT2D eigenvalue weighted by atomic mass is 10.2. The highest BCUT2D eigenvalue weighted by atomic mass is 32.1. The van der Waals surface area contributed by atoms with Crippen molar-refractivity contribution in [3.63, 3.8) is 0 Å². The summed E-state index contributed by atoms with van der Waals surface area (Å²) in [4.78, 5) is 1.10. The van der Waals surface area contributed by atoms with Gasteiger partial charge in [0.05, 0.1) is 13.2 Å². The van der Waals surface area contributed by atoms with E-state index in [0.29, 0.717) is 0 Å². The van der Waals surface area contributed by atoms with Gasteiger partial charge >= 0.3 is 0 Å². The predicted octanol–water partition coefficient (Wildman–Crippen LogP) is 3.55. The zero-order valence-corrected chi connectivity index (χ0v) is 10.7. The largest absolute Gasteiger partial charge is 0.497 e. The molecule has 0 aliphatic rings. The molecule has 0 fully saturated rings. The molecule has 3 rings (SSSR count). The minimum Gasteiger partial charge on any atom is -0.497 e. The van der Waals surface area contributed by atoms with Crippen molar-refractivity contribution in [3.05, 3.63) is 52.4 Å². The van der Waals surface area contributed by atoms with E-state index in [1.807, 2.05) is 41.8 Å². The number of nitrogens with two attached hydrogens (primary N) is 1. The lowest BCUT2D eigenvalue weighted by Gasteiger charge is -2.04. The second-order valence-electron chi connectivity index (χ2n) is 4.05. The summed E-state index contributed by atoms with van der Waals surface area (Å²) in [5.41, 5.74) is 6.98. The Balaban J connectivity index is 2.03. The lowest BCUT2D eigenvalue weighted by molar-refractivity contribution is 0.414. The van der Waals surface area contributed by atoms with Gasteiger partial charge in [-0.15, -0.1) is 11.3 Å². The van der Waals surface area contributed by atoms with Gasteiger partial charge in [0.2, 0.25) is 0 Å². The minimum absolute atomic E-state index is 0.205. The maximum absolute atomic E-state index is 6.18. The zero-order chi connectivity index (χ0) is 12.5. The number of thiophene rings is 1. The molecule has 0 bridgehead atoms. The van der Waals surface area contributed by atoms with E-state index < -0.39 is 0 Å². The van der Waals surface area contributed by atoms with E-state index >= 15 is 0 Å². The fraction of sp³-hybridized carbons (Fsp3) is 0.143. The van der Waals surface area contributed by atoms with E-state index in [0.717, 1.165) is 27.4 Å². The van der Waals surface area contributed by atoms with Crippen molar-refractivity contribution in [2.75, 3.05) is 7.11 Å². The molecule has 0 saturated heterocycles. The van der Waals surface area contributed by atoms with Crippen LogP contribution in [0.25, 0.3) is 11.0 Å². The first-order valence-corrected chi connectivity index (χ1v) is 6.52. The molecule has 2 N–H and O–H groups in total. The molecule has 0 radical (unpaired) electrons. The maximum atomic E-state index is 6.18. The molecular formula is C14H13NO2S. The first-order valence-electron chi connectivity index (χ1n) is 5.64. The summed E-state index contributed by atoms with van der Waals surface area (Å²) in [5, 5.41) is 3.05. The van der Waals surface area contributed by atoms with Crippen LogP contribution in [0.4, 0.5) is 0 Å². The van der Waals surface area contributed by atoms with Crippen LogP contribution in [0, 0.1) is 0 Å². The molecule has 1 atom stereocenters. The molecule has 2 heterocycles. The molecule has 18 heavy (non-hydrogen) atoms. The minimum atomic E-state index is -0.205. The highest BCUT2D eigenvalue weighted by Crippen LogP contribution is 2.30. The van der Waals surface area contributed by atoms with Gasteiger partial charge in [0.25, 0.3) is 0 Å². The van der Waals surface area contributed by atoms with Gasteiger partial charge in [-0.3, -0.25) is 0 Å². The second kappa shape index (κ2) is 4.48. The summed E-state index contributed by atoms with van der Waals surface area (Å²) in [6.45, 7) is 0. The van der Waals surface area contributed by atoms with Crippen LogP contribution in [0.15, 0.2) is 46.2 Å². The van der Waals surface area contributed by atoms with Gasteiger partial charge in [0, 0.05) is 16.3 Å². The molecule has 1 aromatic carbocycles. The van der Waals surface area contributed by atoms with E-state index in [-0.39, 0.29) is 6.04 Å². The van der Waals surface area contributed by atoms with Crippen LogP contribution in [-0.2, 0) is 0 Å². The van der Waals surface area contributed by atoms with Crippen molar-refractivity contribution >= 4 is 22.3 Å². The summed E-state index contributed by atoms with van der Waals surface area (Å²) in [6.07, 6.45) is 0. The number of furan rings is 1. The van der Waals surface area contributed by atoms with Crippen LogP contribution < -0.4 is 10.5 Å². The fourth-order valence-corrected chi connectivity index (χ4v) is 2.65. The maximum Gasteiger partial charge on any atom is 0.138 e. The topological polar surface area (TPSA) is 48.4 Å². The molecule has 0 spiro atoms. The number of benzene rings is 1. The second-order valence-corrected chi connectivity index (χ2v) is 5.02. The van der Waals surface area contributed by atoms with Gasteiger partial charge in [-0.05, 0) is 29.6 Å². The molecule has 92 valence electrons. The van der Waals surface area contributed by atoms with Gasteiger partial charge < -0.3 is 14.9 Å². The van der Waals surface area contributed by atoms with Crippen molar-refractivity contribution in [1.29, 1.82) is 0 Å². The van der Waals surface area contributed by atoms with Crippen LogP contribution in [0.1, 0.15) is 16.7 Å². The highest BCUT2D eigenvalue weighted by Gasteiger charge is 2.15. The Hall–Kier alpha value is -1.78. The monoisotopic (exact) mass is 259 g/mol. The fourth-order valence-electron chi connectivity index (χ4n) is 1.92. The molecule has 0 saturated carbocycles. The van der Waals surface area contributed by atoms with E-state index in [1.165, 1.54) is 0 Å². The van der Waals surface area contributed by atoms with Crippen LogP contribution in [-0.4, -0.2) is 7.11 Å². The van der Waals surface area contributed by atoms with Gasteiger partial charge in [-0.1, -0.05) is 6.07 Å². The van der Waals surface area contributed by atoms with Crippen molar-refractivity contribution < 1.29 is 9.15 Å². The molecule has 0 aliphatic heterocycles. The van der Waals surface area contributed by atoms with Gasteiger partial charge in [0.1, 0.15) is 17.1 Å². The average molecular weight is 259 g/mol. The van der Waals surface area contributed by atoms with E-state index in [4.69, 9.17) is 14.9 Å². The SMILES string of the molecule is COc1ccc2cc(C(N)c3cccs3)oc2c1. The number of methoxy groups -OCH3 is 1. The third kappa shape index (κ3) is 1.89. The standard InChI is InChI=1S/C14H13NO2S/c1-16-10-5-4-9-7-12(17-11(9)8-10)14(15)13-3-2-6-18-13/h2-8,14H,15H2,1H3. The Labute approximate surface area is 109 Å². The van der Waals surface area contributed by atoms with E-state index in [1.54, 1.807) is 18.4 Å². The number of fused-ring (bicyclic) bond motifs is 1. The first kappa shape index (κ1) is 11.3. The smallest absolute Gasteiger partial charge is 0.138 e. The van der Waals surface area contributed by atoms with Gasteiger partial charge in [-0.25, -0.2) is 0 Å². The Bertz CT molecular complexity index is 658. The molecular weight excluding hydrogens is 246 g/mol. The Morgan fingerprint density at radius 1 is 1.28 bits per heavy atom. The van der Waals surface area contributed by atoms with Crippen molar-refractivity contribution in [2.45, 2.75) is 6.04 Å². The Morgan fingerprint density at radius 2 is 2.17 bits per heavy atom.